The Kier molecular flexibility index (Phi) is 6.30. The maximum absolute atomic E-state index is 11.9. The molecule has 2 rings (SSSR count). The van der Waals surface area contributed by atoms with E-state index in [0.29, 0.717) is 23.0 Å². The van der Waals surface area contributed by atoms with Crippen LogP contribution in [0.25, 0.3) is 0 Å². The molecule has 22 heavy (non-hydrogen) atoms. The van der Waals surface area contributed by atoms with Crippen LogP contribution in [0.3, 0.4) is 0 Å². The van der Waals surface area contributed by atoms with E-state index in [0.717, 1.165) is 23.5 Å². The largest absolute Gasteiger partial charge is 0.309 e. The molecule has 7 heteroatoms. The van der Waals surface area contributed by atoms with Crippen molar-refractivity contribution in [2.75, 3.05) is 26.0 Å². The quantitative estimate of drug-likeness (QED) is 0.843. The zero-order valence-electron chi connectivity index (χ0n) is 12.7. The van der Waals surface area contributed by atoms with Crippen molar-refractivity contribution in [2.45, 2.75) is 19.3 Å². The molecule has 1 N–H and O–H groups in total. The highest BCUT2D eigenvalue weighted by molar-refractivity contribution is 7.15. The number of nitrogens with one attached hydrogen (secondary N) is 1. The summed E-state index contributed by atoms with van der Waals surface area (Å²) >= 11 is 7.35. The van der Waals surface area contributed by atoms with Gasteiger partial charge in [0.1, 0.15) is 5.01 Å². The van der Waals surface area contributed by atoms with E-state index < -0.39 is 0 Å². The molecular formula is C15H19ClN4OS. The maximum atomic E-state index is 11.9. The van der Waals surface area contributed by atoms with Crippen molar-refractivity contribution in [3.05, 3.63) is 39.9 Å². The van der Waals surface area contributed by atoms with Crippen LogP contribution in [0.15, 0.2) is 24.3 Å². The number of likely N-dealkylation sites (N-methyl/N-ethyl adjacent to an activating group) is 1. The molecule has 0 saturated carbocycles. The molecule has 0 aliphatic rings. The van der Waals surface area contributed by atoms with Crippen LogP contribution in [0.4, 0.5) is 5.13 Å². The zero-order chi connectivity index (χ0) is 15.9. The average molecular weight is 339 g/mol. The van der Waals surface area contributed by atoms with Gasteiger partial charge in [-0.25, -0.2) is 0 Å². The van der Waals surface area contributed by atoms with Gasteiger partial charge in [0.2, 0.25) is 11.0 Å². The number of carbonyl (C=O) groups excluding carboxylic acids is 1. The number of anilines is 1. The molecule has 1 aromatic heterocycles. The van der Waals surface area contributed by atoms with Crippen molar-refractivity contribution in [3.8, 4) is 0 Å². The van der Waals surface area contributed by atoms with Crippen LogP contribution in [-0.4, -0.2) is 41.6 Å². The second-order valence-corrected chi connectivity index (χ2v) is 6.73. The highest BCUT2D eigenvalue weighted by Crippen LogP contribution is 2.17. The molecule has 0 radical (unpaired) electrons. The molecule has 1 aromatic carbocycles. The van der Waals surface area contributed by atoms with E-state index in [1.54, 1.807) is 0 Å². The van der Waals surface area contributed by atoms with Crippen molar-refractivity contribution >= 4 is 34.0 Å². The molecule has 0 bridgehead atoms. The van der Waals surface area contributed by atoms with Crippen molar-refractivity contribution in [1.82, 2.24) is 15.1 Å². The molecule has 0 fully saturated rings. The zero-order valence-corrected chi connectivity index (χ0v) is 14.2. The molecule has 0 aliphatic carbocycles. The Bertz CT molecular complexity index is 630. The molecule has 0 aliphatic heterocycles. The third-order valence-corrected chi connectivity index (χ3v) is 4.15. The minimum Gasteiger partial charge on any atom is -0.309 e. The fourth-order valence-corrected chi connectivity index (χ4v) is 2.81. The van der Waals surface area contributed by atoms with Gasteiger partial charge in [-0.15, -0.1) is 10.2 Å². The molecule has 5 nitrogen and oxygen atoms in total. The molecule has 0 atom stereocenters. The molecule has 2 aromatic rings. The van der Waals surface area contributed by atoms with E-state index in [2.05, 4.69) is 20.4 Å². The van der Waals surface area contributed by atoms with Crippen LogP contribution >= 0.6 is 22.9 Å². The van der Waals surface area contributed by atoms with Gasteiger partial charge in [0.05, 0.1) is 0 Å². The Labute approximate surface area is 139 Å². The van der Waals surface area contributed by atoms with Crippen molar-refractivity contribution < 1.29 is 4.79 Å². The summed E-state index contributed by atoms with van der Waals surface area (Å²) in [6, 6.07) is 7.54. The SMILES string of the molecule is CN(C)CCc1nnc(NC(=O)CCc2cccc(Cl)c2)s1. The third kappa shape index (κ3) is 5.71. The van der Waals surface area contributed by atoms with Crippen LogP contribution in [-0.2, 0) is 17.6 Å². The first kappa shape index (κ1) is 16.9. The van der Waals surface area contributed by atoms with Crippen LogP contribution in [0.5, 0.6) is 0 Å². The number of benzene rings is 1. The Morgan fingerprint density at radius 1 is 1.32 bits per heavy atom. The Balaban J connectivity index is 1.79. The standard InChI is InChI=1S/C15H19ClN4OS/c1-20(2)9-8-14-18-19-15(22-14)17-13(21)7-6-11-4-3-5-12(16)10-11/h3-5,10H,6-9H2,1-2H3,(H,17,19,21). The fraction of sp³-hybridized carbons (Fsp3) is 0.400. The predicted octanol–water partition coefficient (Wildman–Crippen LogP) is 2.87. The number of halogens is 1. The Hall–Kier alpha value is -1.50. The van der Waals surface area contributed by atoms with Crippen LogP contribution in [0, 0.1) is 0 Å². The number of amides is 1. The lowest BCUT2D eigenvalue weighted by Crippen LogP contribution is -2.14. The molecule has 118 valence electrons. The van der Waals surface area contributed by atoms with Gasteiger partial charge in [0.15, 0.2) is 0 Å². The summed E-state index contributed by atoms with van der Waals surface area (Å²) in [4.78, 5) is 14.0. The minimum absolute atomic E-state index is 0.0599. The Morgan fingerprint density at radius 3 is 2.86 bits per heavy atom. The maximum Gasteiger partial charge on any atom is 0.226 e. The summed E-state index contributed by atoms with van der Waals surface area (Å²) in [5, 5.41) is 13.1. The number of aromatic nitrogens is 2. The van der Waals surface area contributed by atoms with Gasteiger partial charge < -0.3 is 10.2 Å². The number of hydrogen-bond donors (Lipinski definition) is 1. The molecule has 0 saturated heterocycles. The fourth-order valence-electron chi connectivity index (χ4n) is 1.86. The van der Waals surface area contributed by atoms with Gasteiger partial charge in [-0.05, 0) is 38.2 Å². The normalized spacial score (nSPS) is 10.9. The number of aryl methyl sites for hydroxylation is 1. The highest BCUT2D eigenvalue weighted by Gasteiger charge is 2.09. The van der Waals surface area contributed by atoms with Crippen LogP contribution in [0.1, 0.15) is 17.0 Å². The van der Waals surface area contributed by atoms with Crippen molar-refractivity contribution in [3.63, 3.8) is 0 Å². The number of nitrogens with zero attached hydrogens (tertiary/aromatic N) is 3. The van der Waals surface area contributed by atoms with E-state index in [-0.39, 0.29) is 5.91 Å². The summed E-state index contributed by atoms with van der Waals surface area (Å²) < 4.78 is 0. The predicted molar refractivity (Wildman–Crippen MR) is 90.6 cm³/mol. The van der Waals surface area contributed by atoms with Crippen LogP contribution in [0.2, 0.25) is 5.02 Å². The minimum atomic E-state index is -0.0599. The molecule has 1 heterocycles. The van der Waals surface area contributed by atoms with Gasteiger partial charge in [-0.3, -0.25) is 4.79 Å². The first-order valence-corrected chi connectivity index (χ1v) is 8.24. The summed E-state index contributed by atoms with van der Waals surface area (Å²) in [6.07, 6.45) is 1.88. The monoisotopic (exact) mass is 338 g/mol. The van der Waals surface area contributed by atoms with E-state index in [4.69, 9.17) is 11.6 Å². The lowest BCUT2D eigenvalue weighted by atomic mass is 10.1. The summed E-state index contributed by atoms with van der Waals surface area (Å²) in [5.41, 5.74) is 1.05. The first-order valence-electron chi connectivity index (χ1n) is 7.04. The number of rotatable bonds is 7. The highest BCUT2D eigenvalue weighted by atomic mass is 35.5. The number of hydrogen-bond acceptors (Lipinski definition) is 5. The smallest absolute Gasteiger partial charge is 0.226 e. The van der Waals surface area contributed by atoms with Gasteiger partial charge in [0, 0.05) is 24.4 Å². The van der Waals surface area contributed by atoms with Gasteiger partial charge in [-0.1, -0.05) is 35.1 Å². The summed E-state index contributed by atoms with van der Waals surface area (Å²) in [7, 11) is 4.03. The molecule has 0 spiro atoms. The van der Waals surface area contributed by atoms with Crippen molar-refractivity contribution in [1.29, 1.82) is 0 Å². The lowest BCUT2D eigenvalue weighted by Gasteiger charge is -2.05. The molecule has 1 amide bonds. The van der Waals surface area contributed by atoms with Gasteiger partial charge >= 0.3 is 0 Å². The second-order valence-electron chi connectivity index (χ2n) is 5.23. The molecule has 0 unspecified atom stereocenters. The summed E-state index contributed by atoms with van der Waals surface area (Å²) in [5.74, 6) is -0.0599. The average Bonchev–Trinajstić information content (AvgIpc) is 2.90. The first-order chi connectivity index (χ1) is 10.5. The topological polar surface area (TPSA) is 58.1 Å². The van der Waals surface area contributed by atoms with Crippen LogP contribution < -0.4 is 5.32 Å². The van der Waals surface area contributed by atoms with Crippen molar-refractivity contribution in [2.24, 2.45) is 0 Å². The lowest BCUT2D eigenvalue weighted by molar-refractivity contribution is -0.116. The second kappa shape index (κ2) is 8.22. The number of carbonyl (C=O) groups is 1. The Morgan fingerprint density at radius 2 is 2.14 bits per heavy atom. The van der Waals surface area contributed by atoms with E-state index in [9.17, 15) is 4.79 Å². The van der Waals surface area contributed by atoms with E-state index in [1.807, 2.05) is 38.4 Å². The van der Waals surface area contributed by atoms with Gasteiger partial charge in [-0.2, -0.15) is 0 Å². The van der Waals surface area contributed by atoms with Gasteiger partial charge in [0.25, 0.3) is 0 Å². The van der Waals surface area contributed by atoms with E-state index in [1.165, 1.54) is 11.3 Å². The third-order valence-electron chi connectivity index (χ3n) is 3.02. The molecular weight excluding hydrogens is 320 g/mol. The van der Waals surface area contributed by atoms with E-state index >= 15 is 0 Å². The summed E-state index contributed by atoms with van der Waals surface area (Å²) in [6.45, 7) is 0.914.